The molecule has 0 saturated carbocycles. The van der Waals surface area contributed by atoms with Gasteiger partial charge in [-0.2, -0.15) is 0 Å². The van der Waals surface area contributed by atoms with Crippen molar-refractivity contribution in [2.75, 3.05) is 0 Å². The maximum atomic E-state index is 9.87. The van der Waals surface area contributed by atoms with E-state index in [0.717, 1.165) is 0 Å². The average Bonchev–Trinajstić information content (AvgIpc) is 1.14. The SMILES string of the molecule is O=P([O-])([O-])OP(=O)([O-])I.[Ag]. The molecule has 67 valence electrons. The number of halogens is 1. The zero-order valence-electron chi connectivity index (χ0n) is 4.02. The molecule has 1 atom stereocenters. The van der Waals surface area contributed by atoms with Crippen molar-refractivity contribution in [3.63, 3.8) is 0 Å². The van der Waals surface area contributed by atoms with Gasteiger partial charge in [-0.05, 0) is 0 Å². The van der Waals surface area contributed by atoms with E-state index in [1.165, 1.54) is 0 Å². The minimum atomic E-state index is -5.37. The molecular formula is AgIO6P2-3. The van der Waals surface area contributed by atoms with E-state index in [4.69, 9.17) is 0 Å². The van der Waals surface area contributed by atoms with Gasteiger partial charge in [-0.15, -0.1) is 0 Å². The van der Waals surface area contributed by atoms with Crippen molar-refractivity contribution < 1.29 is 50.5 Å². The van der Waals surface area contributed by atoms with Crippen molar-refractivity contribution in [2.45, 2.75) is 0 Å². The molecule has 0 aromatic carbocycles. The Morgan fingerprint density at radius 3 is 1.50 bits per heavy atom. The maximum Gasteiger partial charge on any atom is 0.198 e. The summed E-state index contributed by atoms with van der Waals surface area (Å²) in [5.74, 6) is 0. The van der Waals surface area contributed by atoms with Crippen LogP contribution in [0.1, 0.15) is 0 Å². The Morgan fingerprint density at radius 1 is 1.20 bits per heavy atom. The molecule has 0 rings (SSSR count). The smallest absolute Gasteiger partial charge is 0.198 e. The number of rotatable bonds is 2. The molecular weight excluding hydrogens is 393 g/mol. The van der Waals surface area contributed by atoms with Crippen LogP contribution in [0.3, 0.4) is 0 Å². The van der Waals surface area contributed by atoms with E-state index in [-0.39, 0.29) is 22.4 Å². The number of hydrogen-bond acceptors (Lipinski definition) is 6. The Hall–Kier alpha value is 1.77. The van der Waals surface area contributed by atoms with Gasteiger partial charge in [0.2, 0.25) is 0 Å². The Balaban J connectivity index is 0. The summed E-state index contributed by atoms with van der Waals surface area (Å²) in [6.45, 7) is 0. The predicted octanol–water partition coefficient (Wildman–Crippen LogP) is -1.27. The van der Waals surface area contributed by atoms with Crippen LogP contribution in [0.2, 0.25) is 0 Å². The normalized spacial score (nSPS) is 17.2. The van der Waals surface area contributed by atoms with E-state index in [1.807, 2.05) is 0 Å². The second-order valence-electron chi connectivity index (χ2n) is 0.959. The molecule has 6 nitrogen and oxygen atoms in total. The summed E-state index contributed by atoms with van der Waals surface area (Å²) < 4.78 is 22.4. The minimum absolute atomic E-state index is 0. The van der Waals surface area contributed by atoms with Crippen molar-refractivity contribution in [1.82, 2.24) is 0 Å². The van der Waals surface area contributed by atoms with Crippen LogP contribution < -0.4 is 14.7 Å². The van der Waals surface area contributed by atoms with Gasteiger partial charge < -0.3 is 19.2 Å². The third-order valence-electron chi connectivity index (χ3n) is 0.198. The molecule has 0 saturated heterocycles. The van der Waals surface area contributed by atoms with Crippen molar-refractivity contribution in [3.8, 4) is 0 Å². The Morgan fingerprint density at radius 2 is 1.50 bits per heavy atom. The number of phosphoric acid groups is 1. The quantitative estimate of drug-likeness (QED) is 0.329. The van der Waals surface area contributed by atoms with Crippen molar-refractivity contribution in [2.24, 2.45) is 0 Å². The van der Waals surface area contributed by atoms with E-state index >= 15 is 0 Å². The molecule has 0 aliphatic carbocycles. The fourth-order valence-electron chi connectivity index (χ4n) is 0.119. The summed E-state index contributed by atoms with van der Waals surface area (Å²) in [5, 5.41) is -4.46. The fraction of sp³-hybridized carbons (Fsp3) is 0. The topological polar surface area (TPSA) is 113 Å². The van der Waals surface area contributed by atoms with Gasteiger partial charge in [0.15, 0.2) is 5.24 Å². The molecule has 0 spiro atoms. The first-order valence-electron chi connectivity index (χ1n) is 1.45. The standard InChI is InChI=1S/Ag.H3IO6P2/c;1-8(2,3)7-9(4,5)6/h;(H,2,3)(H2,4,5,6)/p-3. The van der Waals surface area contributed by atoms with Gasteiger partial charge in [0, 0.05) is 44.4 Å². The van der Waals surface area contributed by atoms with Gasteiger partial charge >= 0.3 is 0 Å². The molecule has 0 aromatic heterocycles. The van der Waals surface area contributed by atoms with Crippen LogP contribution in [0.4, 0.5) is 0 Å². The zero-order valence-corrected chi connectivity index (χ0v) is 9.45. The zero-order chi connectivity index (χ0) is 7.71. The predicted molar refractivity (Wildman–Crippen MR) is 30.3 cm³/mol. The van der Waals surface area contributed by atoms with Crippen LogP contribution >= 0.6 is 35.1 Å². The molecule has 0 aromatic rings. The number of hydrogen-bond donors (Lipinski definition) is 0. The van der Waals surface area contributed by atoms with E-state index in [1.54, 1.807) is 0 Å². The van der Waals surface area contributed by atoms with Gasteiger partial charge in [-0.1, -0.05) is 0 Å². The molecule has 0 amide bonds. The Kier molecular flexibility index (Phi) is 6.74. The molecule has 10 heteroatoms. The minimum Gasteiger partial charge on any atom is -0.790 e. The molecule has 1 radical (unpaired) electrons. The van der Waals surface area contributed by atoms with Crippen LogP contribution in [0.15, 0.2) is 0 Å². The van der Waals surface area contributed by atoms with E-state index in [0.29, 0.717) is 22.0 Å². The summed E-state index contributed by atoms with van der Waals surface area (Å²) in [6.07, 6.45) is 0. The van der Waals surface area contributed by atoms with Gasteiger partial charge in [-0.25, -0.2) is 0 Å². The van der Waals surface area contributed by atoms with Gasteiger partial charge in [0.05, 0.1) is 7.82 Å². The van der Waals surface area contributed by atoms with E-state index in [9.17, 15) is 23.8 Å². The van der Waals surface area contributed by atoms with Crippen molar-refractivity contribution >= 4 is 35.1 Å². The molecule has 0 N–H and O–H groups in total. The Bertz CT molecular complexity index is 156. The first-order valence-corrected chi connectivity index (χ1v) is 7.24. The summed E-state index contributed by atoms with van der Waals surface area (Å²) in [6, 6.07) is 0. The third-order valence-corrected chi connectivity index (χ3v) is 3.36. The molecule has 1 unspecified atom stereocenters. The summed E-state index contributed by atoms with van der Waals surface area (Å²) in [7, 11) is -5.37. The van der Waals surface area contributed by atoms with Crippen LogP contribution in [0.5, 0.6) is 0 Å². The van der Waals surface area contributed by atoms with E-state index < -0.39 is 13.1 Å². The Labute approximate surface area is 85.1 Å². The maximum absolute atomic E-state index is 9.87. The summed E-state index contributed by atoms with van der Waals surface area (Å²) in [4.78, 5) is 28.9. The van der Waals surface area contributed by atoms with Crippen LogP contribution in [-0.4, -0.2) is 0 Å². The van der Waals surface area contributed by atoms with Crippen LogP contribution in [0, 0.1) is 0 Å². The van der Waals surface area contributed by atoms with Crippen LogP contribution in [0.25, 0.3) is 0 Å². The van der Waals surface area contributed by atoms with Gasteiger partial charge in [0.1, 0.15) is 0 Å². The van der Waals surface area contributed by atoms with E-state index in [2.05, 4.69) is 4.31 Å². The molecule has 0 aliphatic rings. The third kappa shape index (κ3) is 12.4. The van der Waals surface area contributed by atoms with Crippen molar-refractivity contribution in [1.29, 1.82) is 0 Å². The monoisotopic (exact) mass is 392 g/mol. The second-order valence-corrected chi connectivity index (χ2v) is 6.91. The molecule has 10 heavy (non-hydrogen) atoms. The molecule has 0 bridgehead atoms. The molecule has 0 aliphatic heterocycles. The fourth-order valence-corrected chi connectivity index (χ4v) is 3.02. The molecule has 0 fully saturated rings. The van der Waals surface area contributed by atoms with Gasteiger partial charge in [-0.3, -0.25) is 8.88 Å². The summed E-state index contributed by atoms with van der Waals surface area (Å²) in [5.41, 5.74) is 0. The average molecular weight is 393 g/mol. The largest absolute Gasteiger partial charge is 0.790 e. The second kappa shape index (κ2) is 4.71. The first-order chi connectivity index (χ1) is 3.71. The molecule has 0 heterocycles. The summed E-state index contributed by atoms with van der Waals surface area (Å²) >= 11 is 0.707. The first kappa shape index (κ1) is 14.3. The van der Waals surface area contributed by atoms with Crippen LogP contribution in [-0.2, 0) is 35.8 Å². The van der Waals surface area contributed by atoms with Crippen molar-refractivity contribution in [3.05, 3.63) is 0 Å². The van der Waals surface area contributed by atoms with Gasteiger partial charge in [0.25, 0.3) is 0 Å².